The summed E-state index contributed by atoms with van der Waals surface area (Å²) in [6, 6.07) is 174. The highest BCUT2D eigenvalue weighted by Crippen LogP contribution is 2.45. The molecule has 12 nitrogen and oxygen atoms in total. The summed E-state index contributed by atoms with van der Waals surface area (Å²) >= 11 is 0. The van der Waals surface area contributed by atoms with Crippen molar-refractivity contribution in [2.24, 2.45) is 0 Å². The highest BCUT2D eigenvalue weighted by atomic mass is 15.1. The van der Waals surface area contributed by atoms with Crippen LogP contribution in [0.5, 0.6) is 0 Å². The molecule has 0 aliphatic carbocycles. The lowest BCUT2D eigenvalue weighted by atomic mass is 10.0. The summed E-state index contributed by atoms with van der Waals surface area (Å²) in [6.45, 7) is 0. The van der Waals surface area contributed by atoms with E-state index >= 15 is 0 Å². The molecule has 0 N–H and O–H groups in total. The van der Waals surface area contributed by atoms with Crippen LogP contribution in [0.25, 0.3) is 250 Å². The number of benzene rings is 21. The van der Waals surface area contributed by atoms with Crippen molar-refractivity contribution in [1.82, 2.24) is 58.6 Å². The highest BCUT2D eigenvalue weighted by Gasteiger charge is 2.24. The number of hydrogen-bond acceptors (Lipinski definition) is 9. The molecular weight excluding hydrogens is 1690 g/mol. The van der Waals surface area contributed by atoms with Crippen molar-refractivity contribution in [1.29, 1.82) is 0 Å². The summed E-state index contributed by atoms with van der Waals surface area (Å²) in [4.78, 5) is 44.2. The summed E-state index contributed by atoms with van der Waals surface area (Å²) in [5.74, 6) is 5.86. The molecule has 0 spiro atoms. The second-order valence-corrected chi connectivity index (χ2v) is 34.7. The van der Waals surface area contributed by atoms with Gasteiger partial charge in [-0.15, -0.1) is 0 Å². The minimum atomic E-state index is 0.641. The quantitative estimate of drug-likeness (QED) is 0.104. The normalized spacial score (nSPS) is 11.5. The fourth-order valence-electron chi connectivity index (χ4n) is 19.6. The molecule has 0 unspecified atom stereocenters. The standard InChI is InChI=1S/2C43H28N4.C41H26N4/c1-4-13-29(14-5-1)36-21-12-22-37-38-27-33-19-10-11-20-34(33)28-39(38)47(40(36)37)35-25-23-32(24-26-35)43-45-41(30-15-6-2-7-16-30)44-42(46-43)31-17-8-3-9-18-31;1-4-12-29(13-5-1)35-22-25-37-38-26-33-18-10-11-19-34(33)27-40(38)47(39(37)28-35)36-23-20-32(21-24-36)43-45-41(30-14-6-2-7-15-30)44-42(46-43)31-16-8-3-9-17-31;1-3-13-29(14-4-1)39-42-40(30-15-5-2-6-16-30)44-41(43-39)31-19-23-32(24-20-31)45-36-26-22-27-11-7-9-17-33(27)37(36)35-25-21-28-12-8-10-18-34(28)38(35)45/h2*1-28H;1-26H. The average Bonchev–Trinajstić information content (AvgIpc) is 1.56. The van der Waals surface area contributed by atoms with Crippen LogP contribution in [-0.2, 0) is 0 Å². The van der Waals surface area contributed by atoms with Gasteiger partial charge in [-0.05, 0) is 164 Å². The van der Waals surface area contributed by atoms with Crippen molar-refractivity contribution in [3.63, 3.8) is 0 Å². The number of aromatic nitrogens is 12. The van der Waals surface area contributed by atoms with Crippen LogP contribution >= 0.6 is 0 Å². The van der Waals surface area contributed by atoms with Crippen molar-refractivity contribution in [2.75, 3.05) is 0 Å². The van der Waals surface area contributed by atoms with E-state index < -0.39 is 0 Å². The molecule has 0 amide bonds. The lowest BCUT2D eigenvalue weighted by Crippen LogP contribution is -2.00. The maximum atomic E-state index is 4.95. The number of fused-ring (bicyclic) bond motifs is 15. The number of nitrogens with zero attached hydrogens (tertiary/aromatic N) is 12. The Bertz CT molecular complexity index is 9140. The van der Waals surface area contributed by atoms with Gasteiger partial charge in [0.15, 0.2) is 52.4 Å². The van der Waals surface area contributed by atoms with Gasteiger partial charge >= 0.3 is 0 Å². The van der Waals surface area contributed by atoms with E-state index in [1.165, 1.54) is 131 Å². The smallest absolute Gasteiger partial charge is 0.164 e. The average molecular weight is 1780 g/mol. The fraction of sp³-hybridized carbons (Fsp3) is 0. The van der Waals surface area contributed by atoms with E-state index in [2.05, 4.69) is 329 Å². The molecule has 21 aromatic carbocycles. The topological polar surface area (TPSA) is 131 Å². The maximum absolute atomic E-state index is 4.95. The van der Waals surface area contributed by atoms with Crippen molar-refractivity contribution >= 4 is 109 Å². The van der Waals surface area contributed by atoms with E-state index in [-0.39, 0.29) is 0 Å². The molecule has 0 bridgehead atoms. The SMILES string of the molecule is c1ccc(-c2ccc3c4cc5ccccc5cc4n(-c4ccc(-c5nc(-c6ccccc6)nc(-c6ccccc6)n5)cc4)c3c2)cc1.c1ccc(-c2nc(-c3ccccc3)nc(-c3ccc(-n4c5cc6ccccc6cc5c5cccc(-c6ccccc6)c54)cc3)n2)cc1.c1ccc(-c2nc(-c3ccccc3)nc(-c3ccc(-n4c5ccc6ccccc6c5c5ccc6ccccc6c54)cc3)n2)cc1. The van der Waals surface area contributed by atoms with Crippen LogP contribution in [-0.4, -0.2) is 58.6 Å². The number of rotatable bonds is 14. The van der Waals surface area contributed by atoms with Gasteiger partial charge < -0.3 is 13.7 Å². The molecule has 6 aromatic heterocycles. The third-order valence-electron chi connectivity index (χ3n) is 26.3. The first-order valence-corrected chi connectivity index (χ1v) is 46.7. The van der Waals surface area contributed by atoms with Crippen molar-refractivity contribution in [2.45, 2.75) is 0 Å². The molecule has 27 aromatic rings. The largest absolute Gasteiger partial charge is 0.309 e. The molecule has 0 fully saturated rings. The summed E-state index contributed by atoms with van der Waals surface area (Å²) in [6.07, 6.45) is 0. The Morgan fingerprint density at radius 3 is 0.806 bits per heavy atom. The Morgan fingerprint density at radius 2 is 0.403 bits per heavy atom. The van der Waals surface area contributed by atoms with E-state index in [1.54, 1.807) is 0 Å². The van der Waals surface area contributed by atoms with Crippen molar-refractivity contribution in [3.8, 4) is 142 Å². The Kier molecular flexibility index (Phi) is 21.0. The Balaban J connectivity index is 0.000000110. The summed E-state index contributed by atoms with van der Waals surface area (Å²) in [7, 11) is 0. The van der Waals surface area contributed by atoms with Crippen LogP contribution in [0, 0.1) is 0 Å². The molecule has 27 rings (SSSR count). The molecule has 0 aliphatic rings. The Labute approximate surface area is 800 Å². The maximum Gasteiger partial charge on any atom is 0.164 e. The number of para-hydroxylation sites is 1. The predicted octanol–water partition coefficient (Wildman–Crippen LogP) is 31.9. The third-order valence-corrected chi connectivity index (χ3v) is 26.3. The summed E-state index contributed by atoms with van der Waals surface area (Å²) in [5, 5.41) is 17.3. The van der Waals surface area contributed by atoms with Gasteiger partial charge in [-0.2, -0.15) is 0 Å². The summed E-state index contributed by atoms with van der Waals surface area (Å²) in [5.41, 5.74) is 23.7. The zero-order valence-electron chi connectivity index (χ0n) is 75.2. The van der Waals surface area contributed by atoms with Gasteiger partial charge in [0.1, 0.15) is 0 Å². The fourth-order valence-corrected chi connectivity index (χ4v) is 19.6. The van der Waals surface area contributed by atoms with Crippen LogP contribution in [0.3, 0.4) is 0 Å². The van der Waals surface area contributed by atoms with Gasteiger partial charge in [-0.1, -0.05) is 388 Å². The Hall–Kier alpha value is -18.9. The van der Waals surface area contributed by atoms with Crippen LogP contribution in [0.1, 0.15) is 0 Å². The van der Waals surface area contributed by atoms with Crippen LogP contribution in [0.15, 0.2) is 497 Å². The molecule has 139 heavy (non-hydrogen) atoms. The van der Waals surface area contributed by atoms with E-state index in [1.807, 2.05) is 182 Å². The van der Waals surface area contributed by atoms with Crippen molar-refractivity contribution in [3.05, 3.63) is 497 Å². The van der Waals surface area contributed by atoms with E-state index in [9.17, 15) is 0 Å². The van der Waals surface area contributed by atoms with E-state index in [0.717, 1.165) is 67.1 Å². The molecule has 0 atom stereocenters. The van der Waals surface area contributed by atoms with Gasteiger partial charge in [0.05, 0.1) is 33.1 Å². The lowest BCUT2D eigenvalue weighted by molar-refractivity contribution is 1.07. The zero-order valence-corrected chi connectivity index (χ0v) is 75.2. The lowest BCUT2D eigenvalue weighted by Gasteiger charge is -2.13. The van der Waals surface area contributed by atoms with Gasteiger partial charge in [-0.25, -0.2) is 44.9 Å². The zero-order chi connectivity index (χ0) is 92.1. The minimum absolute atomic E-state index is 0.641. The van der Waals surface area contributed by atoms with Gasteiger partial charge in [0.2, 0.25) is 0 Å². The first kappa shape index (κ1) is 82.0. The second kappa shape index (κ2) is 35.6. The van der Waals surface area contributed by atoms with Gasteiger partial charge in [0.25, 0.3) is 0 Å². The molecule has 6 heterocycles. The number of hydrogen-bond donors (Lipinski definition) is 0. The summed E-state index contributed by atoms with van der Waals surface area (Å²) < 4.78 is 7.19. The molecule has 12 heteroatoms. The highest BCUT2D eigenvalue weighted by molar-refractivity contribution is 6.26. The monoisotopic (exact) mass is 1770 g/mol. The van der Waals surface area contributed by atoms with Crippen LogP contribution in [0.4, 0.5) is 0 Å². The van der Waals surface area contributed by atoms with Crippen LogP contribution < -0.4 is 0 Å². The molecule has 0 aliphatic heterocycles. The molecule has 650 valence electrons. The molecule has 0 radical (unpaired) electrons. The molecular formula is C127H82N12. The third kappa shape index (κ3) is 15.5. The van der Waals surface area contributed by atoms with E-state index in [4.69, 9.17) is 44.9 Å². The first-order chi connectivity index (χ1) is 68.9. The van der Waals surface area contributed by atoms with Gasteiger partial charge in [0, 0.05) is 110 Å². The van der Waals surface area contributed by atoms with Crippen LogP contribution in [0.2, 0.25) is 0 Å². The van der Waals surface area contributed by atoms with E-state index in [0.29, 0.717) is 52.4 Å². The Morgan fingerprint density at radius 1 is 0.129 bits per heavy atom. The van der Waals surface area contributed by atoms with Crippen molar-refractivity contribution < 1.29 is 0 Å². The predicted molar refractivity (Wildman–Crippen MR) is 572 cm³/mol. The minimum Gasteiger partial charge on any atom is -0.309 e. The van der Waals surface area contributed by atoms with Gasteiger partial charge in [-0.3, -0.25) is 0 Å². The molecule has 0 saturated carbocycles. The molecule has 0 saturated heterocycles. The first-order valence-electron chi connectivity index (χ1n) is 46.7. The second-order valence-electron chi connectivity index (χ2n) is 34.7.